The summed E-state index contributed by atoms with van der Waals surface area (Å²) in [6, 6.07) is 5.54. The van der Waals surface area contributed by atoms with Gasteiger partial charge >= 0.3 is 0 Å². The Hall–Kier alpha value is -1.55. The number of amides is 1. The van der Waals surface area contributed by atoms with Crippen LogP contribution >= 0.6 is 0 Å². The highest BCUT2D eigenvalue weighted by atomic mass is 16.5. The second kappa shape index (κ2) is 7.01. The fraction of sp³-hybridized carbons (Fsp3) is 0.500. The SMILES string of the molecule is CCOc1ccc(NC(=O)CC(C)C)cc1CN. The zero-order chi connectivity index (χ0) is 13.5. The highest BCUT2D eigenvalue weighted by molar-refractivity contribution is 5.91. The topological polar surface area (TPSA) is 64.3 Å². The minimum atomic E-state index is 0.0251. The second-order valence-electron chi connectivity index (χ2n) is 4.61. The third-order valence-electron chi connectivity index (χ3n) is 2.46. The van der Waals surface area contributed by atoms with Gasteiger partial charge in [-0.15, -0.1) is 0 Å². The summed E-state index contributed by atoms with van der Waals surface area (Å²) in [5.74, 6) is 1.15. The molecule has 100 valence electrons. The zero-order valence-corrected chi connectivity index (χ0v) is 11.3. The molecule has 0 saturated heterocycles. The van der Waals surface area contributed by atoms with Gasteiger partial charge in [-0.25, -0.2) is 0 Å². The van der Waals surface area contributed by atoms with Crippen LogP contribution in [-0.4, -0.2) is 12.5 Å². The number of nitrogens with one attached hydrogen (secondary N) is 1. The molecule has 0 saturated carbocycles. The molecule has 0 aliphatic heterocycles. The maximum absolute atomic E-state index is 11.7. The van der Waals surface area contributed by atoms with E-state index in [4.69, 9.17) is 10.5 Å². The Labute approximate surface area is 109 Å². The molecule has 0 aliphatic carbocycles. The predicted octanol–water partition coefficient (Wildman–Crippen LogP) is 2.53. The Morgan fingerprint density at radius 2 is 2.17 bits per heavy atom. The van der Waals surface area contributed by atoms with Gasteiger partial charge in [0.15, 0.2) is 0 Å². The van der Waals surface area contributed by atoms with Crippen molar-refractivity contribution in [3.63, 3.8) is 0 Å². The molecule has 0 unspecified atom stereocenters. The molecule has 18 heavy (non-hydrogen) atoms. The lowest BCUT2D eigenvalue weighted by molar-refractivity contribution is -0.116. The van der Waals surface area contributed by atoms with Gasteiger partial charge in [0.1, 0.15) is 5.75 Å². The largest absolute Gasteiger partial charge is 0.494 e. The monoisotopic (exact) mass is 250 g/mol. The van der Waals surface area contributed by atoms with E-state index in [1.165, 1.54) is 0 Å². The van der Waals surface area contributed by atoms with Gasteiger partial charge in [0.25, 0.3) is 0 Å². The first-order chi connectivity index (χ1) is 8.56. The molecule has 0 heterocycles. The van der Waals surface area contributed by atoms with E-state index in [0.717, 1.165) is 17.0 Å². The minimum absolute atomic E-state index is 0.0251. The molecule has 4 nitrogen and oxygen atoms in total. The number of ether oxygens (including phenoxy) is 1. The van der Waals surface area contributed by atoms with Crippen LogP contribution < -0.4 is 15.8 Å². The lowest BCUT2D eigenvalue weighted by Crippen LogP contribution is -2.14. The van der Waals surface area contributed by atoms with Crippen LogP contribution in [0.4, 0.5) is 5.69 Å². The normalized spacial score (nSPS) is 10.5. The van der Waals surface area contributed by atoms with Crippen LogP contribution in [0.1, 0.15) is 32.8 Å². The molecule has 0 aliphatic rings. The van der Waals surface area contributed by atoms with E-state index in [2.05, 4.69) is 5.32 Å². The van der Waals surface area contributed by atoms with Crippen LogP contribution in [0.5, 0.6) is 5.75 Å². The average Bonchev–Trinajstić information content (AvgIpc) is 2.30. The number of carbonyl (C=O) groups excluding carboxylic acids is 1. The van der Waals surface area contributed by atoms with Crippen molar-refractivity contribution in [2.45, 2.75) is 33.7 Å². The fourth-order valence-corrected chi connectivity index (χ4v) is 1.70. The van der Waals surface area contributed by atoms with Crippen molar-refractivity contribution in [3.05, 3.63) is 23.8 Å². The Morgan fingerprint density at radius 3 is 2.72 bits per heavy atom. The molecule has 0 spiro atoms. The van der Waals surface area contributed by atoms with Crippen molar-refractivity contribution in [3.8, 4) is 5.75 Å². The summed E-state index contributed by atoms with van der Waals surface area (Å²) in [4.78, 5) is 11.7. The number of hydrogen-bond acceptors (Lipinski definition) is 3. The fourth-order valence-electron chi connectivity index (χ4n) is 1.70. The molecule has 1 aromatic carbocycles. The van der Waals surface area contributed by atoms with Gasteiger partial charge in [0.2, 0.25) is 5.91 Å². The van der Waals surface area contributed by atoms with Gasteiger partial charge in [-0.3, -0.25) is 4.79 Å². The maximum Gasteiger partial charge on any atom is 0.224 e. The second-order valence-corrected chi connectivity index (χ2v) is 4.61. The van der Waals surface area contributed by atoms with Gasteiger partial charge in [-0.2, -0.15) is 0 Å². The summed E-state index contributed by atoms with van der Waals surface area (Å²) in [7, 11) is 0. The van der Waals surface area contributed by atoms with Crippen LogP contribution in [0, 0.1) is 5.92 Å². The van der Waals surface area contributed by atoms with E-state index in [9.17, 15) is 4.79 Å². The molecule has 0 atom stereocenters. The van der Waals surface area contributed by atoms with Crippen LogP contribution in [0.25, 0.3) is 0 Å². The van der Waals surface area contributed by atoms with E-state index in [1.54, 1.807) is 0 Å². The maximum atomic E-state index is 11.7. The summed E-state index contributed by atoms with van der Waals surface area (Å²) in [5.41, 5.74) is 7.34. The van der Waals surface area contributed by atoms with Crippen LogP contribution in [0.15, 0.2) is 18.2 Å². The predicted molar refractivity (Wildman–Crippen MR) is 73.6 cm³/mol. The Balaban J connectivity index is 2.76. The highest BCUT2D eigenvalue weighted by Gasteiger charge is 2.08. The number of benzene rings is 1. The Morgan fingerprint density at radius 1 is 1.44 bits per heavy atom. The molecule has 0 radical (unpaired) electrons. The van der Waals surface area contributed by atoms with E-state index < -0.39 is 0 Å². The summed E-state index contributed by atoms with van der Waals surface area (Å²) >= 11 is 0. The molecule has 1 rings (SSSR count). The number of anilines is 1. The van der Waals surface area contributed by atoms with E-state index in [-0.39, 0.29) is 5.91 Å². The van der Waals surface area contributed by atoms with Crippen LogP contribution in [0.3, 0.4) is 0 Å². The molecule has 4 heteroatoms. The molecule has 0 aromatic heterocycles. The molecular weight excluding hydrogens is 228 g/mol. The van der Waals surface area contributed by atoms with E-state index in [0.29, 0.717) is 25.5 Å². The van der Waals surface area contributed by atoms with Crippen LogP contribution in [-0.2, 0) is 11.3 Å². The summed E-state index contributed by atoms with van der Waals surface area (Å²) < 4.78 is 5.46. The van der Waals surface area contributed by atoms with Crippen molar-refractivity contribution in [1.82, 2.24) is 0 Å². The Bertz CT molecular complexity index is 403. The van der Waals surface area contributed by atoms with Gasteiger partial charge in [0.05, 0.1) is 6.61 Å². The molecular formula is C14H22N2O2. The molecule has 0 bridgehead atoms. The summed E-state index contributed by atoms with van der Waals surface area (Å²) in [6.45, 7) is 6.96. The van der Waals surface area contributed by atoms with E-state index in [1.807, 2.05) is 39.0 Å². The smallest absolute Gasteiger partial charge is 0.224 e. The molecule has 3 N–H and O–H groups in total. The quantitative estimate of drug-likeness (QED) is 0.815. The van der Waals surface area contributed by atoms with Crippen molar-refractivity contribution >= 4 is 11.6 Å². The van der Waals surface area contributed by atoms with Gasteiger partial charge in [-0.1, -0.05) is 13.8 Å². The average molecular weight is 250 g/mol. The number of nitrogens with two attached hydrogens (primary N) is 1. The minimum Gasteiger partial charge on any atom is -0.494 e. The molecule has 1 amide bonds. The lowest BCUT2D eigenvalue weighted by atomic mass is 10.1. The number of carbonyl (C=O) groups is 1. The van der Waals surface area contributed by atoms with Crippen molar-refractivity contribution < 1.29 is 9.53 Å². The van der Waals surface area contributed by atoms with Crippen molar-refractivity contribution in [1.29, 1.82) is 0 Å². The lowest BCUT2D eigenvalue weighted by Gasteiger charge is -2.12. The van der Waals surface area contributed by atoms with Crippen LogP contribution in [0.2, 0.25) is 0 Å². The van der Waals surface area contributed by atoms with Gasteiger partial charge in [-0.05, 0) is 31.0 Å². The summed E-state index contributed by atoms with van der Waals surface area (Å²) in [5, 5.41) is 2.87. The van der Waals surface area contributed by atoms with E-state index >= 15 is 0 Å². The third kappa shape index (κ3) is 4.37. The summed E-state index contributed by atoms with van der Waals surface area (Å²) in [6.07, 6.45) is 0.519. The first-order valence-electron chi connectivity index (χ1n) is 6.32. The zero-order valence-electron chi connectivity index (χ0n) is 11.3. The molecule has 1 aromatic rings. The number of rotatable bonds is 6. The molecule has 0 fully saturated rings. The standard InChI is InChI=1S/C14H22N2O2/c1-4-18-13-6-5-12(8-11(13)9-15)16-14(17)7-10(2)3/h5-6,8,10H,4,7,9,15H2,1-3H3,(H,16,17). The first kappa shape index (κ1) is 14.5. The Kier molecular flexibility index (Phi) is 5.65. The van der Waals surface area contributed by atoms with Gasteiger partial charge < -0.3 is 15.8 Å². The first-order valence-corrected chi connectivity index (χ1v) is 6.32. The van der Waals surface area contributed by atoms with Gasteiger partial charge in [0, 0.05) is 24.2 Å². The third-order valence-corrected chi connectivity index (χ3v) is 2.46. The highest BCUT2D eigenvalue weighted by Crippen LogP contribution is 2.22. The van der Waals surface area contributed by atoms with Crippen molar-refractivity contribution in [2.24, 2.45) is 11.7 Å². The number of hydrogen-bond donors (Lipinski definition) is 2. The van der Waals surface area contributed by atoms with Crippen molar-refractivity contribution in [2.75, 3.05) is 11.9 Å².